The second-order valence-corrected chi connectivity index (χ2v) is 31.8. The lowest BCUT2D eigenvalue weighted by Crippen LogP contribution is -2.40. The Bertz CT molecular complexity index is 5950. The number of benzene rings is 5. The summed E-state index contributed by atoms with van der Waals surface area (Å²) in [6.07, 6.45) is 22.5. The molecule has 0 bridgehead atoms. The molecule has 44 heteroatoms. The number of nitrogens with zero attached hydrogens (tertiary/aromatic N) is 19. The van der Waals surface area contributed by atoms with Gasteiger partial charge in [-0.05, 0) is 123 Å². The lowest BCUT2D eigenvalue weighted by atomic mass is 10.1. The summed E-state index contributed by atoms with van der Waals surface area (Å²) in [5.41, 5.74) is 14.7. The zero-order chi connectivity index (χ0) is 97.4. The Morgan fingerprint density at radius 3 is 1.25 bits per heavy atom. The number of pyridine rings is 1. The zero-order valence-corrected chi connectivity index (χ0v) is 79.2. The van der Waals surface area contributed by atoms with Crippen LogP contribution in [0.2, 0.25) is 0 Å². The molecule has 6 aliphatic heterocycles. The number of ether oxygens (including phenoxy) is 7. The van der Waals surface area contributed by atoms with Gasteiger partial charge >= 0.3 is 30.2 Å². The van der Waals surface area contributed by atoms with Gasteiger partial charge in [-0.1, -0.05) is 0 Å². The number of fused-ring (bicyclic) bond motifs is 6. The van der Waals surface area contributed by atoms with Gasteiger partial charge in [0.15, 0.2) is 17.6 Å². The molecule has 0 radical (unpaired) electrons. The van der Waals surface area contributed by atoms with Crippen molar-refractivity contribution < 1.29 is 61.9 Å². The molecule has 7 aromatic heterocycles. The topological polar surface area (TPSA) is 484 Å². The summed E-state index contributed by atoms with van der Waals surface area (Å²) in [7, 11) is 14.8. The van der Waals surface area contributed by atoms with Crippen molar-refractivity contribution in [2.75, 3.05) is 228 Å². The Morgan fingerprint density at radius 2 is 0.819 bits per heavy atom. The fourth-order valence-electron chi connectivity index (χ4n) is 15.6. The van der Waals surface area contributed by atoms with Gasteiger partial charge in [0.1, 0.15) is 74.2 Å². The molecule has 1 unspecified atom stereocenters. The van der Waals surface area contributed by atoms with Gasteiger partial charge in [0.05, 0.1) is 173 Å². The van der Waals surface area contributed by atoms with E-state index in [-0.39, 0.29) is 42.7 Å². The highest BCUT2D eigenvalue weighted by Gasteiger charge is 2.32. The number of H-pyrrole nitrogens is 6. The van der Waals surface area contributed by atoms with Crippen LogP contribution in [0, 0.1) is 11.3 Å². The van der Waals surface area contributed by atoms with E-state index in [9.17, 15) is 34.0 Å². The normalized spacial score (nSPS) is 13.5. The largest absolute Gasteiger partial charge is 0.491 e. The number of imidazole rings is 6. The number of hydrogen-bond acceptors (Lipinski definition) is 27. The maximum absolute atomic E-state index is 12.2. The van der Waals surface area contributed by atoms with E-state index in [2.05, 4.69) is 127 Å². The molecule has 0 aliphatic carbocycles. The van der Waals surface area contributed by atoms with Gasteiger partial charge in [-0.25, -0.2) is 58.9 Å². The minimum Gasteiger partial charge on any atom is -0.491 e. The van der Waals surface area contributed by atoms with Crippen molar-refractivity contribution in [1.82, 2.24) is 91.4 Å². The molecule has 0 saturated heterocycles. The Labute approximate surface area is 799 Å². The van der Waals surface area contributed by atoms with E-state index in [1.54, 1.807) is 132 Å². The van der Waals surface area contributed by atoms with Gasteiger partial charge in [-0.3, -0.25) is 29.7 Å². The molecule has 18 rings (SSSR count). The average molecular weight is 1890 g/mol. The van der Waals surface area contributed by atoms with Gasteiger partial charge < -0.3 is 124 Å². The van der Waals surface area contributed by atoms with Crippen molar-refractivity contribution in [3.63, 3.8) is 0 Å². The number of aromatic nitrogens is 13. The van der Waals surface area contributed by atoms with Crippen molar-refractivity contribution in [2.24, 2.45) is 0 Å². The number of carbonyl (C=O) groups excluding carboxylic acids is 6. The molecule has 1 atom stereocenters. The number of nitrogens with one attached hydrogen (secondary N) is 12. The van der Waals surface area contributed by atoms with Crippen molar-refractivity contribution in [1.29, 1.82) is 5.26 Å². The van der Waals surface area contributed by atoms with E-state index in [0.29, 0.717) is 94.6 Å². The second kappa shape index (κ2) is 48.9. The van der Waals surface area contributed by atoms with Crippen LogP contribution in [-0.2, 0) is 42.1 Å². The lowest BCUT2D eigenvalue weighted by molar-refractivity contribution is -0.121. The molecular weight excluding hydrogens is 1770 g/mol. The standard InChI is InChI=1S/C17H23N5O2.C16H18N6O2.2C16H21N5O2.C16H20N4O3.C13H16N6O2/c1-3-19-17(23)22(4-2)14-5-6-16-15(9-14)21(7-8-24-16)11-13-10-18-12-20-13;1-18-16(23)21(2)11-3-4-15-13(7-11)22(5-6-24-15)14(8-17)12-9-19-10-20-12;1-17-16(22)20(2)13-4-5-15-14(8-13)21(6-3-7-23-15)10-12-9-18-11-19-12;1-17-16(22)20(2)13-3-4-15-14(9-13)21(7-8-23-15)6-5-12-10-18-11-19-12;1-19(16(21)10-22-2)13-3-4-15-14(7-13)20(5-6-23-15)9-12-8-17-11-18-12;1-14-13(20)18-11-3-2-10-12(17-11)19(4-5-21-10)7-9-6-15-8-16-9/h5-6,9-10,12H,3-4,7-8,11H2,1-2H3,(H,18,20)(H,19,23);3-4,7,9-10,14H,5-6H2,1-2H3,(H,18,23)(H,19,20);4-5,8-9,11H,3,6-7,10H2,1-2H3,(H,17,22)(H,18,19);3-4,9-11H,5-8H2,1-2H3,(H,17,22)(H,18,19);3-4,7-8,11H,5-6,9-10H2,1-2H3,(H,17,18);2-3,6,8H,4-5,7H2,1H3,(H,15,16)(H2,14,17,18,20). The van der Waals surface area contributed by atoms with E-state index in [0.717, 1.165) is 180 Å². The van der Waals surface area contributed by atoms with Crippen LogP contribution in [0.15, 0.2) is 178 Å². The summed E-state index contributed by atoms with van der Waals surface area (Å²) < 4.78 is 39.3. The monoisotopic (exact) mass is 1890 g/mol. The molecule has 12 aromatic rings. The van der Waals surface area contributed by atoms with Crippen LogP contribution in [0.25, 0.3) is 0 Å². The molecule has 44 nitrogen and oxygen atoms in total. The molecule has 0 saturated carbocycles. The second-order valence-electron chi connectivity index (χ2n) is 31.8. The van der Waals surface area contributed by atoms with Crippen molar-refractivity contribution >= 4 is 105 Å². The zero-order valence-electron chi connectivity index (χ0n) is 79.2. The molecule has 6 aliphatic rings. The predicted octanol–water partition coefficient (Wildman–Crippen LogP) is 9.99. The summed E-state index contributed by atoms with van der Waals surface area (Å²) in [4.78, 5) is 139. The van der Waals surface area contributed by atoms with E-state index in [1.165, 1.54) is 12.0 Å². The number of anilines is 12. The van der Waals surface area contributed by atoms with Gasteiger partial charge in [-0.2, -0.15) is 5.26 Å². The summed E-state index contributed by atoms with van der Waals surface area (Å²) in [6, 6.07) is 33.2. The smallest absolute Gasteiger partial charge is 0.321 e. The van der Waals surface area contributed by atoms with Crippen LogP contribution in [0.1, 0.15) is 60.5 Å². The quantitative estimate of drug-likeness (QED) is 0.0283. The van der Waals surface area contributed by atoms with Gasteiger partial charge in [-0.15, -0.1) is 0 Å². The van der Waals surface area contributed by atoms with Crippen LogP contribution in [0.5, 0.6) is 34.5 Å². The summed E-state index contributed by atoms with van der Waals surface area (Å²) in [5, 5.41) is 25.5. The fraction of sp³-hybridized carbons (Fsp3) is 0.362. The van der Waals surface area contributed by atoms with Crippen molar-refractivity contribution in [2.45, 2.75) is 58.9 Å². The summed E-state index contributed by atoms with van der Waals surface area (Å²) in [5.74, 6) is 5.87. The number of amides is 11. The molecular formula is C94H119N31O13. The van der Waals surface area contributed by atoms with Crippen LogP contribution in [0.3, 0.4) is 0 Å². The van der Waals surface area contributed by atoms with Crippen LogP contribution < -0.4 is 114 Å². The summed E-state index contributed by atoms with van der Waals surface area (Å²) >= 11 is 0. The average Bonchev–Trinajstić information content (AvgIpc) is 0.858. The van der Waals surface area contributed by atoms with Crippen LogP contribution >= 0.6 is 0 Å². The number of methoxy groups -OCH3 is 1. The van der Waals surface area contributed by atoms with Crippen LogP contribution in [-0.4, -0.2) is 269 Å². The number of urea groups is 5. The Hall–Kier alpha value is -16.6. The highest BCUT2D eigenvalue weighted by molar-refractivity contribution is 5.97. The minimum absolute atomic E-state index is 0.0575. The number of hydrogen-bond donors (Lipinski definition) is 12. The van der Waals surface area contributed by atoms with Crippen molar-refractivity contribution in [3.05, 3.63) is 212 Å². The number of nitriles is 1. The first kappa shape index (κ1) is 98.9. The van der Waals surface area contributed by atoms with Gasteiger partial charge in [0, 0.05) is 161 Å². The Morgan fingerprint density at radius 1 is 0.435 bits per heavy atom. The molecule has 0 fully saturated rings. The molecule has 0 spiro atoms. The fourth-order valence-corrected chi connectivity index (χ4v) is 15.6. The van der Waals surface area contributed by atoms with E-state index < -0.39 is 6.04 Å². The number of likely N-dealkylation sites (N-methyl/N-ethyl adjacent to an activating group) is 1. The van der Waals surface area contributed by atoms with E-state index >= 15 is 0 Å². The van der Waals surface area contributed by atoms with Crippen LogP contribution in [0.4, 0.5) is 92.5 Å². The van der Waals surface area contributed by atoms with Crippen molar-refractivity contribution in [3.8, 4) is 40.6 Å². The van der Waals surface area contributed by atoms with Gasteiger partial charge in [0.2, 0.25) is 0 Å². The molecule has 138 heavy (non-hydrogen) atoms. The third-order valence-electron chi connectivity index (χ3n) is 23.0. The first-order valence-electron chi connectivity index (χ1n) is 45.1. The van der Waals surface area contributed by atoms with Gasteiger partial charge in [0.25, 0.3) is 5.91 Å². The predicted molar refractivity (Wildman–Crippen MR) is 525 cm³/mol. The van der Waals surface area contributed by atoms with E-state index in [4.69, 9.17) is 33.2 Å². The number of rotatable bonds is 23. The minimum atomic E-state index is -0.504. The number of aromatic amines is 6. The molecule has 13 heterocycles. The maximum Gasteiger partial charge on any atom is 0.321 e. The third kappa shape index (κ3) is 25.7. The molecule has 12 N–H and O–H groups in total. The number of carbonyl (C=O) groups is 6. The molecule has 728 valence electrons. The maximum atomic E-state index is 12.2. The molecule has 5 aromatic carbocycles. The highest BCUT2D eigenvalue weighted by Crippen LogP contribution is 2.43. The lowest BCUT2D eigenvalue weighted by Gasteiger charge is -2.34. The first-order chi connectivity index (χ1) is 67.2. The van der Waals surface area contributed by atoms with E-state index in [1.807, 2.05) is 141 Å². The molecule has 11 amide bonds. The Kier molecular flexibility index (Phi) is 35.0. The summed E-state index contributed by atoms with van der Waals surface area (Å²) in [6.45, 7) is 17.2. The third-order valence-corrected chi connectivity index (χ3v) is 23.0. The first-order valence-corrected chi connectivity index (χ1v) is 45.1. The Balaban J connectivity index is 0.000000140. The SMILES string of the molecule is CCNC(=O)N(CC)c1ccc2c(c1)N(Cc1cnc[nH]1)CCO2.CNC(=O)N(C)c1ccc2c(c1)N(C(C#N)c1cnc[nH]1)CCO2.CNC(=O)N(C)c1ccc2c(c1)N(CCc1cnc[nH]1)CCO2.CNC(=O)N(C)c1ccc2c(c1)N(Cc1cnc[nH]1)CCCO2.CNC(=O)Nc1ccc2c(n1)N(Cc1cnc[nH]1)CCO2.COCC(=O)N(C)c1ccc2c(c1)N(Cc1cnc[nH]1)CCO2. The highest BCUT2D eigenvalue weighted by atomic mass is 16.5.